The first-order valence-corrected chi connectivity index (χ1v) is 22.2. The van der Waals surface area contributed by atoms with E-state index in [-0.39, 0.29) is 0 Å². The monoisotopic (exact) mass is 691 g/mol. The van der Waals surface area contributed by atoms with Gasteiger partial charge >= 0.3 is 0 Å². The first kappa shape index (κ1) is 44.5. The molecule has 0 saturated heterocycles. The number of unbranched alkanes of at least 4 members (excludes halogenated alkanes) is 20. The minimum absolute atomic E-state index is 1.16. The molecule has 2 heteroatoms. The van der Waals surface area contributed by atoms with Crippen molar-refractivity contribution in [1.29, 1.82) is 0 Å². The minimum Gasteiger partial charge on any atom is -0.322 e. The van der Waals surface area contributed by atoms with E-state index in [1.54, 1.807) is 0 Å². The van der Waals surface area contributed by atoms with Gasteiger partial charge in [-0.1, -0.05) is 179 Å². The third-order valence-corrected chi connectivity index (χ3v) is 11.6. The lowest BCUT2D eigenvalue weighted by atomic mass is 10.0. The summed E-state index contributed by atoms with van der Waals surface area (Å²) in [5.41, 5.74) is 5.72. The average Bonchev–Trinajstić information content (AvgIpc) is 3.12. The molecule has 0 aliphatic rings. The summed E-state index contributed by atoms with van der Waals surface area (Å²) in [6.07, 6.45) is 33.4. The number of rotatable bonds is 33. The largest absolute Gasteiger partial charge is 0.322 e. The quantitative estimate of drug-likeness (QED) is 0.0516. The van der Waals surface area contributed by atoms with Crippen molar-refractivity contribution in [2.45, 2.75) is 195 Å². The number of nitrogens with zero attached hydrogens (tertiary/aromatic N) is 2. The van der Waals surface area contributed by atoms with Gasteiger partial charge in [-0.15, -0.1) is 0 Å². The molecule has 0 amide bonds. The lowest BCUT2D eigenvalue weighted by Crippen LogP contribution is -2.44. The normalized spacial score (nSPS) is 14.1. The minimum atomic E-state index is 1.16. The SMILES string of the molecule is CCCCCCCCCC[N+](C)(CCCCCC)Cc1ccc(-c2ccc(C[N+](C)(CCCCCC)CCCCCCCCCC)cc2)cc1. The topological polar surface area (TPSA) is 0 Å². The van der Waals surface area contributed by atoms with Crippen molar-refractivity contribution in [3.8, 4) is 11.1 Å². The van der Waals surface area contributed by atoms with Gasteiger partial charge in [0.05, 0.1) is 40.3 Å². The average molecular weight is 691 g/mol. The lowest BCUT2D eigenvalue weighted by Gasteiger charge is -2.35. The third kappa shape index (κ3) is 20.4. The number of quaternary nitrogens is 2. The van der Waals surface area contributed by atoms with Gasteiger partial charge in [-0.05, 0) is 62.5 Å². The van der Waals surface area contributed by atoms with Crippen LogP contribution in [0.2, 0.25) is 0 Å². The van der Waals surface area contributed by atoms with Crippen LogP contribution in [0, 0.1) is 0 Å². The van der Waals surface area contributed by atoms with Gasteiger partial charge in [-0.25, -0.2) is 0 Å². The van der Waals surface area contributed by atoms with E-state index in [1.807, 2.05) is 0 Å². The molecule has 0 aromatic heterocycles. The molecule has 0 aliphatic heterocycles. The Balaban J connectivity index is 1.96. The van der Waals surface area contributed by atoms with Crippen molar-refractivity contribution >= 4 is 0 Å². The molecule has 2 atom stereocenters. The van der Waals surface area contributed by atoms with Crippen molar-refractivity contribution in [3.05, 3.63) is 59.7 Å². The Morgan fingerprint density at radius 2 is 0.520 bits per heavy atom. The summed E-state index contributed by atoms with van der Waals surface area (Å²) in [5.74, 6) is 0. The fourth-order valence-electron chi connectivity index (χ4n) is 8.12. The Labute approximate surface area is 314 Å². The van der Waals surface area contributed by atoms with E-state index in [0.717, 1.165) is 13.1 Å². The maximum absolute atomic E-state index is 2.53. The van der Waals surface area contributed by atoms with Crippen molar-refractivity contribution in [1.82, 2.24) is 0 Å². The van der Waals surface area contributed by atoms with Gasteiger partial charge in [-0.3, -0.25) is 0 Å². The highest BCUT2D eigenvalue weighted by molar-refractivity contribution is 5.63. The van der Waals surface area contributed by atoms with Crippen molar-refractivity contribution in [3.63, 3.8) is 0 Å². The van der Waals surface area contributed by atoms with Crippen molar-refractivity contribution in [2.24, 2.45) is 0 Å². The van der Waals surface area contributed by atoms with E-state index in [1.165, 1.54) is 211 Å². The van der Waals surface area contributed by atoms with Crippen LogP contribution >= 0.6 is 0 Å². The zero-order chi connectivity index (χ0) is 36.2. The molecule has 50 heavy (non-hydrogen) atoms. The second kappa shape index (κ2) is 27.9. The first-order valence-electron chi connectivity index (χ1n) is 22.2. The van der Waals surface area contributed by atoms with Crippen LogP contribution in [0.1, 0.15) is 193 Å². The highest BCUT2D eigenvalue weighted by atomic mass is 15.3. The molecule has 2 nitrogen and oxygen atoms in total. The lowest BCUT2D eigenvalue weighted by molar-refractivity contribution is -0.923. The molecule has 2 aromatic rings. The summed E-state index contributed by atoms with van der Waals surface area (Å²) < 4.78 is 2.39. The summed E-state index contributed by atoms with van der Waals surface area (Å²) in [6.45, 7) is 16.9. The van der Waals surface area contributed by atoms with Crippen LogP contribution in [0.25, 0.3) is 11.1 Å². The Bertz CT molecular complexity index is 957. The van der Waals surface area contributed by atoms with Crippen LogP contribution in [0.15, 0.2) is 48.5 Å². The second-order valence-electron chi connectivity index (χ2n) is 16.9. The van der Waals surface area contributed by atoms with E-state index in [4.69, 9.17) is 0 Å². The van der Waals surface area contributed by atoms with Crippen LogP contribution in [0.3, 0.4) is 0 Å². The Kier molecular flexibility index (Phi) is 24.9. The van der Waals surface area contributed by atoms with Gasteiger partial charge in [-0.2, -0.15) is 0 Å². The smallest absolute Gasteiger partial charge is 0.104 e. The molecule has 2 aromatic carbocycles. The van der Waals surface area contributed by atoms with E-state index in [9.17, 15) is 0 Å². The fourth-order valence-corrected chi connectivity index (χ4v) is 8.12. The summed E-state index contributed by atoms with van der Waals surface area (Å²) in [5, 5.41) is 0. The molecule has 0 bridgehead atoms. The van der Waals surface area contributed by atoms with Gasteiger partial charge in [0.1, 0.15) is 13.1 Å². The van der Waals surface area contributed by atoms with E-state index in [2.05, 4.69) is 90.3 Å². The molecule has 0 N–H and O–H groups in total. The van der Waals surface area contributed by atoms with E-state index < -0.39 is 0 Å². The summed E-state index contributed by atoms with van der Waals surface area (Å²) in [4.78, 5) is 0. The van der Waals surface area contributed by atoms with Crippen molar-refractivity contribution in [2.75, 3.05) is 40.3 Å². The van der Waals surface area contributed by atoms with Crippen molar-refractivity contribution < 1.29 is 8.97 Å². The number of hydrogen-bond donors (Lipinski definition) is 0. The van der Waals surface area contributed by atoms with Crippen LogP contribution in [-0.2, 0) is 13.1 Å². The molecule has 0 spiro atoms. The summed E-state index contributed by atoms with van der Waals surface area (Å²) >= 11 is 0. The van der Waals surface area contributed by atoms with E-state index in [0.29, 0.717) is 0 Å². The predicted octanol–water partition coefficient (Wildman–Crippen LogP) is 14.7. The maximum atomic E-state index is 2.53. The third-order valence-electron chi connectivity index (χ3n) is 11.6. The van der Waals surface area contributed by atoms with E-state index >= 15 is 0 Å². The molecular formula is C48H86N2+2. The zero-order valence-corrected chi connectivity index (χ0v) is 34.7. The van der Waals surface area contributed by atoms with Crippen LogP contribution in [-0.4, -0.2) is 49.2 Å². The molecule has 0 radical (unpaired) electrons. The van der Waals surface area contributed by atoms with Crippen LogP contribution in [0.4, 0.5) is 0 Å². The summed E-state index contributed by atoms with van der Waals surface area (Å²) in [6, 6.07) is 19.2. The fraction of sp³-hybridized carbons (Fsp3) is 0.750. The first-order chi connectivity index (χ1) is 24.4. The number of hydrogen-bond acceptors (Lipinski definition) is 0. The highest BCUT2D eigenvalue weighted by Crippen LogP contribution is 2.25. The number of benzene rings is 2. The Hall–Kier alpha value is -1.64. The second-order valence-corrected chi connectivity index (χ2v) is 16.9. The van der Waals surface area contributed by atoms with Gasteiger partial charge < -0.3 is 8.97 Å². The van der Waals surface area contributed by atoms with Gasteiger partial charge in [0, 0.05) is 11.1 Å². The molecule has 2 rings (SSSR count). The van der Waals surface area contributed by atoms with Gasteiger partial charge in [0.25, 0.3) is 0 Å². The molecular weight excluding hydrogens is 605 g/mol. The molecule has 286 valence electrons. The predicted molar refractivity (Wildman–Crippen MR) is 225 cm³/mol. The molecule has 0 fully saturated rings. The molecule has 0 heterocycles. The van der Waals surface area contributed by atoms with Gasteiger partial charge in [0.2, 0.25) is 0 Å². The molecule has 0 aliphatic carbocycles. The molecule has 2 unspecified atom stereocenters. The standard InChI is InChI=1S/C48H86N2/c1-7-11-15-19-21-23-25-29-41-49(5,39-27-17-13-9-3)43-45-31-35-47(36-32-45)48-37-33-46(34-38-48)44-50(6,40-28-18-14-10-4)42-30-26-24-22-20-16-12-8-2/h31-38H,7-30,39-44H2,1-6H3/q+2. The van der Waals surface area contributed by atoms with Crippen LogP contribution < -0.4 is 0 Å². The van der Waals surface area contributed by atoms with Gasteiger partial charge in [0.15, 0.2) is 0 Å². The van der Waals surface area contributed by atoms with Crippen LogP contribution in [0.5, 0.6) is 0 Å². The Morgan fingerprint density at radius 3 is 0.780 bits per heavy atom. The highest BCUT2D eigenvalue weighted by Gasteiger charge is 2.23. The zero-order valence-electron chi connectivity index (χ0n) is 34.7. The maximum Gasteiger partial charge on any atom is 0.104 e. The molecule has 0 saturated carbocycles. The summed E-state index contributed by atoms with van der Waals surface area (Å²) in [7, 11) is 5.06. The Morgan fingerprint density at radius 1 is 0.300 bits per heavy atom.